The molecule has 1 aromatic heterocycles. The van der Waals surface area contributed by atoms with E-state index in [9.17, 15) is 18.4 Å². The molecule has 1 saturated heterocycles. The number of piperidine rings is 1. The highest BCUT2D eigenvalue weighted by Crippen LogP contribution is 2.22. The van der Waals surface area contributed by atoms with Crippen LogP contribution < -0.4 is 11.1 Å². The van der Waals surface area contributed by atoms with Gasteiger partial charge in [-0.1, -0.05) is 0 Å². The second-order valence-corrected chi connectivity index (χ2v) is 6.31. The van der Waals surface area contributed by atoms with Crippen LogP contribution in [0.25, 0.3) is 0 Å². The zero-order valence-corrected chi connectivity index (χ0v) is 14.6. The third-order valence-electron chi connectivity index (χ3n) is 4.58. The first-order valence-corrected chi connectivity index (χ1v) is 8.43. The lowest BCUT2D eigenvalue weighted by Crippen LogP contribution is -2.46. The summed E-state index contributed by atoms with van der Waals surface area (Å²) in [7, 11) is 0. The number of nitrogens with zero attached hydrogens (tertiary/aromatic N) is 3. The highest BCUT2D eigenvalue weighted by molar-refractivity contribution is 5.82. The van der Waals surface area contributed by atoms with E-state index in [0.29, 0.717) is 47.8 Å². The Kier molecular flexibility index (Phi) is 6.46. The zero-order valence-electron chi connectivity index (χ0n) is 14.6. The number of hydrogen-bond donors (Lipinski definition) is 2. The maximum absolute atomic E-state index is 12.9. The van der Waals surface area contributed by atoms with E-state index in [2.05, 4.69) is 10.4 Å². The van der Waals surface area contributed by atoms with Crippen molar-refractivity contribution in [2.75, 3.05) is 26.2 Å². The van der Waals surface area contributed by atoms with E-state index in [1.165, 1.54) is 6.92 Å². The average molecular weight is 357 g/mol. The number of carbonyl (C=O) groups is 2. The highest BCUT2D eigenvalue weighted by Gasteiger charge is 2.29. The first-order valence-electron chi connectivity index (χ1n) is 8.43. The van der Waals surface area contributed by atoms with Gasteiger partial charge >= 0.3 is 6.55 Å². The summed E-state index contributed by atoms with van der Waals surface area (Å²) < 4.78 is 26.5. The van der Waals surface area contributed by atoms with Crippen LogP contribution >= 0.6 is 0 Å². The van der Waals surface area contributed by atoms with Crippen molar-refractivity contribution in [3.8, 4) is 0 Å². The van der Waals surface area contributed by atoms with Gasteiger partial charge in [-0.05, 0) is 26.7 Å². The Morgan fingerprint density at radius 2 is 2.12 bits per heavy atom. The molecule has 1 fully saturated rings. The molecule has 0 aliphatic carbocycles. The largest absolute Gasteiger partial charge is 0.355 e. The van der Waals surface area contributed by atoms with Gasteiger partial charge in [0, 0.05) is 37.4 Å². The predicted octanol–water partition coefficient (Wildman–Crippen LogP) is 0.751. The quantitative estimate of drug-likeness (QED) is 0.786. The zero-order chi connectivity index (χ0) is 18.6. The minimum atomic E-state index is -2.73. The molecule has 7 nitrogen and oxygen atoms in total. The fourth-order valence-corrected chi connectivity index (χ4v) is 3.16. The molecule has 1 aliphatic rings. The van der Waals surface area contributed by atoms with Crippen LogP contribution in [0, 0.1) is 19.8 Å². The van der Waals surface area contributed by atoms with Crippen molar-refractivity contribution in [1.82, 2.24) is 20.0 Å². The van der Waals surface area contributed by atoms with Crippen molar-refractivity contribution >= 4 is 11.8 Å². The van der Waals surface area contributed by atoms with Crippen LogP contribution in [0.3, 0.4) is 0 Å². The molecule has 1 aromatic rings. The number of aromatic nitrogens is 2. The Bertz CT molecular complexity index is 632. The molecule has 9 heteroatoms. The van der Waals surface area contributed by atoms with Gasteiger partial charge in [0.05, 0.1) is 18.0 Å². The molecule has 1 aliphatic heterocycles. The van der Waals surface area contributed by atoms with Gasteiger partial charge in [-0.25, -0.2) is 4.68 Å². The summed E-state index contributed by atoms with van der Waals surface area (Å²) in [6, 6.07) is 0. The summed E-state index contributed by atoms with van der Waals surface area (Å²) in [5.41, 5.74) is 6.64. The minimum absolute atomic E-state index is 0.0154. The van der Waals surface area contributed by atoms with E-state index in [1.54, 1.807) is 11.8 Å². The molecule has 0 bridgehead atoms. The van der Waals surface area contributed by atoms with Crippen LogP contribution in [0.4, 0.5) is 8.78 Å². The Morgan fingerprint density at radius 1 is 1.40 bits per heavy atom. The molecule has 140 valence electrons. The summed E-state index contributed by atoms with van der Waals surface area (Å²) in [5.74, 6) is -0.521. The Hall–Kier alpha value is -2.03. The van der Waals surface area contributed by atoms with Gasteiger partial charge in [-0.15, -0.1) is 0 Å². The Labute approximate surface area is 145 Å². The molecular weight excluding hydrogens is 332 g/mol. The molecule has 0 aromatic carbocycles. The molecule has 2 rings (SSSR count). The number of aryl methyl sites for hydroxylation is 1. The van der Waals surface area contributed by atoms with Gasteiger partial charge in [-0.2, -0.15) is 13.9 Å². The van der Waals surface area contributed by atoms with Crippen molar-refractivity contribution in [3.63, 3.8) is 0 Å². The minimum Gasteiger partial charge on any atom is -0.355 e. The van der Waals surface area contributed by atoms with Crippen molar-refractivity contribution in [2.45, 2.75) is 39.7 Å². The molecule has 0 spiro atoms. The van der Waals surface area contributed by atoms with E-state index in [0.717, 1.165) is 12.8 Å². The lowest BCUT2D eigenvalue weighted by molar-refractivity contribution is -0.135. The molecule has 1 atom stereocenters. The van der Waals surface area contributed by atoms with Crippen LogP contribution in [0.2, 0.25) is 0 Å². The summed E-state index contributed by atoms with van der Waals surface area (Å²) >= 11 is 0. The first kappa shape index (κ1) is 19.3. The number of hydrogen-bond acceptors (Lipinski definition) is 4. The normalized spacial score (nSPS) is 17.8. The monoisotopic (exact) mass is 357 g/mol. The van der Waals surface area contributed by atoms with Gasteiger partial charge < -0.3 is 16.0 Å². The summed E-state index contributed by atoms with van der Waals surface area (Å²) in [6.45, 7) is 2.12. The topological polar surface area (TPSA) is 93.2 Å². The molecule has 25 heavy (non-hydrogen) atoms. The molecule has 0 saturated carbocycles. The molecular formula is C16H25F2N5O2. The van der Waals surface area contributed by atoms with Gasteiger partial charge in [0.15, 0.2) is 0 Å². The number of rotatable bonds is 6. The molecule has 3 N–H and O–H groups in total. The second-order valence-electron chi connectivity index (χ2n) is 6.31. The van der Waals surface area contributed by atoms with Crippen LogP contribution in [0.5, 0.6) is 0 Å². The van der Waals surface area contributed by atoms with Crippen LogP contribution in [-0.4, -0.2) is 52.7 Å². The number of halogens is 2. The third-order valence-corrected chi connectivity index (χ3v) is 4.58. The van der Waals surface area contributed by atoms with Gasteiger partial charge in [0.1, 0.15) is 0 Å². The standard InChI is InChI=1S/C16H25F2N5O2/c1-10-13(11(2)23(21-10)16(17)18)8-14(24)22-7-3-4-12(9-22)15(25)20-6-5-19/h12,16H,3-9,19H2,1-2H3,(H,20,25). The maximum atomic E-state index is 12.9. The van der Waals surface area contributed by atoms with Crippen molar-refractivity contribution in [1.29, 1.82) is 0 Å². The number of alkyl halides is 2. The van der Waals surface area contributed by atoms with E-state index < -0.39 is 6.55 Å². The van der Waals surface area contributed by atoms with E-state index in [1.807, 2.05) is 0 Å². The van der Waals surface area contributed by atoms with Gasteiger partial charge in [-0.3, -0.25) is 9.59 Å². The SMILES string of the molecule is Cc1nn(C(F)F)c(C)c1CC(=O)N1CCCC(C(=O)NCCN)C1. The summed E-state index contributed by atoms with van der Waals surface area (Å²) in [6.07, 6.45) is 1.48. The van der Waals surface area contributed by atoms with E-state index in [-0.39, 0.29) is 24.2 Å². The van der Waals surface area contributed by atoms with Gasteiger partial charge in [0.2, 0.25) is 11.8 Å². The lowest BCUT2D eigenvalue weighted by Gasteiger charge is -2.32. The second kappa shape index (κ2) is 8.37. The molecule has 1 unspecified atom stereocenters. The smallest absolute Gasteiger partial charge is 0.333 e. The average Bonchev–Trinajstić information content (AvgIpc) is 2.88. The summed E-state index contributed by atoms with van der Waals surface area (Å²) in [5, 5.41) is 6.55. The van der Waals surface area contributed by atoms with Crippen molar-refractivity contribution < 1.29 is 18.4 Å². The number of likely N-dealkylation sites (tertiary alicyclic amines) is 1. The Balaban J connectivity index is 2.02. The van der Waals surface area contributed by atoms with Gasteiger partial charge in [0.25, 0.3) is 0 Å². The van der Waals surface area contributed by atoms with Crippen LogP contribution in [0.15, 0.2) is 0 Å². The van der Waals surface area contributed by atoms with E-state index in [4.69, 9.17) is 5.73 Å². The highest BCUT2D eigenvalue weighted by atomic mass is 19.3. The maximum Gasteiger partial charge on any atom is 0.333 e. The number of nitrogens with one attached hydrogen (secondary N) is 1. The number of carbonyl (C=O) groups excluding carboxylic acids is 2. The van der Waals surface area contributed by atoms with Crippen molar-refractivity contribution in [2.24, 2.45) is 11.7 Å². The molecule has 2 amide bonds. The van der Waals surface area contributed by atoms with Crippen molar-refractivity contribution in [3.05, 3.63) is 17.0 Å². The lowest BCUT2D eigenvalue weighted by atomic mass is 9.96. The molecule has 0 radical (unpaired) electrons. The number of nitrogens with two attached hydrogens (primary N) is 1. The molecule has 2 heterocycles. The van der Waals surface area contributed by atoms with Crippen LogP contribution in [-0.2, 0) is 16.0 Å². The van der Waals surface area contributed by atoms with Crippen LogP contribution in [0.1, 0.15) is 36.3 Å². The predicted molar refractivity (Wildman–Crippen MR) is 88.0 cm³/mol. The Morgan fingerprint density at radius 3 is 2.72 bits per heavy atom. The summed E-state index contributed by atoms with van der Waals surface area (Å²) in [4.78, 5) is 26.3. The number of amides is 2. The third kappa shape index (κ3) is 4.53. The fraction of sp³-hybridized carbons (Fsp3) is 0.688. The van der Waals surface area contributed by atoms with E-state index >= 15 is 0 Å². The fourth-order valence-electron chi connectivity index (χ4n) is 3.16. The first-order chi connectivity index (χ1) is 11.8.